The second-order valence-electron chi connectivity index (χ2n) is 1.07. The van der Waals surface area contributed by atoms with Gasteiger partial charge in [-0.05, 0) is 0 Å². The highest BCUT2D eigenvalue weighted by molar-refractivity contribution is 4.51. The number of rotatable bonds is 2. The van der Waals surface area contributed by atoms with E-state index in [-0.39, 0.29) is 0 Å². The SMILES string of the molecule is COC(F)(F)C(F)F. The third-order valence-electron chi connectivity index (χ3n) is 0.526. The molecular weight excluding hydrogens is 128 g/mol. The molecule has 0 fully saturated rings. The van der Waals surface area contributed by atoms with Gasteiger partial charge in [0, 0.05) is 7.11 Å². The number of hydrogen-bond donors (Lipinski definition) is 0. The van der Waals surface area contributed by atoms with Crippen molar-refractivity contribution in [3.63, 3.8) is 0 Å². The first-order valence-electron chi connectivity index (χ1n) is 1.72. The molecule has 5 heteroatoms. The van der Waals surface area contributed by atoms with Crippen molar-refractivity contribution in [1.29, 1.82) is 0 Å². The maximum Gasteiger partial charge on any atom is 0.416 e. The van der Waals surface area contributed by atoms with Gasteiger partial charge in [0.05, 0.1) is 0 Å². The fourth-order valence-electron chi connectivity index (χ4n) is 0.0891. The Morgan fingerprint density at radius 2 is 1.75 bits per heavy atom. The molecule has 0 aliphatic heterocycles. The predicted octanol–water partition coefficient (Wildman–Crippen LogP) is 1.49. The zero-order valence-corrected chi connectivity index (χ0v) is 4.00. The van der Waals surface area contributed by atoms with Gasteiger partial charge >= 0.3 is 12.5 Å². The smallest absolute Gasteiger partial charge is 0.319 e. The summed E-state index contributed by atoms with van der Waals surface area (Å²) in [6.45, 7) is 0. The van der Waals surface area contributed by atoms with E-state index in [0.717, 1.165) is 0 Å². The monoisotopic (exact) mass is 132 g/mol. The van der Waals surface area contributed by atoms with Crippen LogP contribution in [0.2, 0.25) is 0 Å². The summed E-state index contributed by atoms with van der Waals surface area (Å²) in [6.07, 6.45) is -8.03. The molecule has 0 unspecified atom stereocenters. The van der Waals surface area contributed by atoms with Crippen LogP contribution < -0.4 is 0 Å². The molecular formula is C3H4F4O. The van der Waals surface area contributed by atoms with Crippen molar-refractivity contribution in [2.45, 2.75) is 12.5 Å². The van der Waals surface area contributed by atoms with Crippen LogP contribution in [0.4, 0.5) is 17.6 Å². The van der Waals surface area contributed by atoms with Crippen molar-refractivity contribution in [3.8, 4) is 0 Å². The number of methoxy groups -OCH3 is 1. The zero-order valence-electron chi connectivity index (χ0n) is 4.00. The average molecular weight is 132 g/mol. The molecule has 0 aromatic rings. The Kier molecular flexibility index (Phi) is 2.21. The Morgan fingerprint density at radius 3 is 1.75 bits per heavy atom. The van der Waals surface area contributed by atoms with E-state index in [4.69, 9.17) is 0 Å². The molecule has 0 atom stereocenters. The fourth-order valence-corrected chi connectivity index (χ4v) is 0.0891. The molecule has 0 aromatic carbocycles. The van der Waals surface area contributed by atoms with Crippen molar-refractivity contribution in [3.05, 3.63) is 0 Å². The van der Waals surface area contributed by atoms with Crippen LogP contribution in [0.3, 0.4) is 0 Å². The Bertz CT molecular complexity index is 71.7. The molecule has 0 bridgehead atoms. The Balaban J connectivity index is 3.71. The molecule has 0 heterocycles. The minimum absolute atomic E-state index is 0.520. The molecule has 0 N–H and O–H groups in total. The molecule has 0 spiro atoms. The van der Waals surface area contributed by atoms with Gasteiger partial charge in [0.1, 0.15) is 0 Å². The molecule has 0 aliphatic carbocycles. The predicted molar refractivity (Wildman–Crippen MR) is 18.0 cm³/mol. The van der Waals surface area contributed by atoms with Crippen LogP contribution in [0, 0.1) is 0 Å². The van der Waals surface area contributed by atoms with Crippen molar-refractivity contribution in [1.82, 2.24) is 0 Å². The highest BCUT2D eigenvalue weighted by atomic mass is 19.3. The van der Waals surface area contributed by atoms with E-state index in [0.29, 0.717) is 7.11 Å². The summed E-state index contributed by atoms with van der Waals surface area (Å²) in [4.78, 5) is 0. The van der Waals surface area contributed by atoms with E-state index in [1.165, 1.54) is 0 Å². The lowest BCUT2D eigenvalue weighted by Crippen LogP contribution is -2.28. The van der Waals surface area contributed by atoms with Crippen LogP contribution in [0.5, 0.6) is 0 Å². The van der Waals surface area contributed by atoms with E-state index >= 15 is 0 Å². The van der Waals surface area contributed by atoms with Crippen molar-refractivity contribution in [2.75, 3.05) is 7.11 Å². The van der Waals surface area contributed by atoms with Gasteiger partial charge in [-0.2, -0.15) is 8.78 Å². The molecule has 0 saturated heterocycles. The average Bonchev–Trinajstić information content (AvgIpc) is 1.67. The second-order valence-corrected chi connectivity index (χ2v) is 1.07. The van der Waals surface area contributed by atoms with E-state index < -0.39 is 12.5 Å². The first-order chi connectivity index (χ1) is 3.50. The molecule has 0 rings (SSSR count). The van der Waals surface area contributed by atoms with Gasteiger partial charge < -0.3 is 4.74 Å². The van der Waals surface area contributed by atoms with Gasteiger partial charge in [0.2, 0.25) is 0 Å². The maximum atomic E-state index is 11.3. The maximum absolute atomic E-state index is 11.3. The molecule has 1 nitrogen and oxygen atoms in total. The first kappa shape index (κ1) is 7.68. The molecule has 50 valence electrons. The van der Waals surface area contributed by atoms with Gasteiger partial charge in [-0.15, -0.1) is 0 Å². The minimum atomic E-state index is -4.29. The van der Waals surface area contributed by atoms with Crippen molar-refractivity contribution < 1.29 is 22.3 Å². The van der Waals surface area contributed by atoms with Crippen LogP contribution in [-0.2, 0) is 4.74 Å². The molecule has 0 aliphatic rings. The Hall–Kier alpha value is -0.320. The minimum Gasteiger partial charge on any atom is -0.319 e. The standard InChI is InChI=1S/C3H4F4O/c1-8-3(6,7)2(4)5/h2H,1H3. The topological polar surface area (TPSA) is 9.23 Å². The lowest BCUT2D eigenvalue weighted by molar-refractivity contribution is -0.287. The van der Waals surface area contributed by atoms with E-state index in [2.05, 4.69) is 4.74 Å². The summed E-state index contributed by atoms with van der Waals surface area (Å²) in [6, 6.07) is 0. The Morgan fingerprint density at radius 1 is 1.38 bits per heavy atom. The van der Waals surface area contributed by atoms with Crippen LogP contribution in [0.1, 0.15) is 0 Å². The largest absolute Gasteiger partial charge is 0.416 e. The summed E-state index contributed by atoms with van der Waals surface area (Å²) < 4.78 is 47.6. The van der Waals surface area contributed by atoms with Crippen LogP contribution in [0.15, 0.2) is 0 Å². The fraction of sp³-hybridized carbons (Fsp3) is 1.00. The van der Waals surface area contributed by atoms with Gasteiger partial charge in [0.15, 0.2) is 0 Å². The van der Waals surface area contributed by atoms with Gasteiger partial charge in [-0.3, -0.25) is 0 Å². The summed E-state index contributed by atoms with van der Waals surface area (Å²) in [7, 11) is 0.520. The van der Waals surface area contributed by atoms with Crippen LogP contribution >= 0.6 is 0 Å². The number of hydrogen-bond acceptors (Lipinski definition) is 1. The van der Waals surface area contributed by atoms with Crippen LogP contribution in [-0.4, -0.2) is 19.6 Å². The zero-order chi connectivity index (χ0) is 6.78. The molecule has 0 aromatic heterocycles. The number of ether oxygens (including phenoxy) is 1. The molecule has 0 saturated carbocycles. The molecule has 0 amide bonds. The van der Waals surface area contributed by atoms with E-state index in [1.807, 2.05) is 0 Å². The highest BCUT2D eigenvalue weighted by Crippen LogP contribution is 2.22. The summed E-state index contributed by atoms with van der Waals surface area (Å²) in [5.74, 6) is 0. The third-order valence-corrected chi connectivity index (χ3v) is 0.526. The summed E-state index contributed by atoms with van der Waals surface area (Å²) in [5.41, 5.74) is 0. The summed E-state index contributed by atoms with van der Waals surface area (Å²) in [5, 5.41) is 0. The first-order valence-corrected chi connectivity index (χ1v) is 1.72. The molecule has 0 radical (unpaired) electrons. The van der Waals surface area contributed by atoms with E-state index in [9.17, 15) is 17.6 Å². The number of alkyl halides is 4. The van der Waals surface area contributed by atoms with Gasteiger partial charge in [0.25, 0.3) is 0 Å². The van der Waals surface area contributed by atoms with Gasteiger partial charge in [-0.1, -0.05) is 0 Å². The lowest BCUT2D eigenvalue weighted by Gasteiger charge is -2.10. The Labute approximate surface area is 43.2 Å². The van der Waals surface area contributed by atoms with Crippen molar-refractivity contribution >= 4 is 0 Å². The molecule has 8 heavy (non-hydrogen) atoms. The van der Waals surface area contributed by atoms with Gasteiger partial charge in [-0.25, -0.2) is 8.78 Å². The number of halogens is 4. The second kappa shape index (κ2) is 2.30. The quantitative estimate of drug-likeness (QED) is 0.517. The van der Waals surface area contributed by atoms with Crippen molar-refractivity contribution in [2.24, 2.45) is 0 Å². The third kappa shape index (κ3) is 1.65. The normalized spacial score (nSPS) is 12.8. The summed E-state index contributed by atoms with van der Waals surface area (Å²) >= 11 is 0. The van der Waals surface area contributed by atoms with E-state index in [1.54, 1.807) is 0 Å². The lowest BCUT2D eigenvalue weighted by atomic mass is 10.7. The van der Waals surface area contributed by atoms with Crippen LogP contribution in [0.25, 0.3) is 0 Å². The highest BCUT2D eigenvalue weighted by Gasteiger charge is 2.40.